The average molecular weight is 338 g/mol. The molecule has 6 heteroatoms. The van der Waals surface area contributed by atoms with Crippen LogP contribution in [0.15, 0.2) is 63.9 Å². The number of nitrogens with zero attached hydrogens (tertiary/aromatic N) is 1. The Balaban J connectivity index is 2.41. The second-order valence-corrected chi connectivity index (χ2v) is 6.58. The van der Waals surface area contributed by atoms with Crippen LogP contribution in [0.5, 0.6) is 0 Å². The summed E-state index contributed by atoms with van der Waals surface area (Å²) in [5.41, 5.74) is 0.619. The molecular formula is C16H16ClNO3S. The van der Waals surface area contributed by atoms with Crippen molar-refractivity contribution in [2.24, 2.45) is 4.40 Å². The van der Waals surface area contributed by atoms with Crippen LogP contribution in [0.3, 0.4) is 0 Å². The van der Waals surface area contributed by atoms with Gasteiger partial charge in [-0.25, -0.2) is 0 Å². The molecular weight excluding hydrogens is 322 g/mol. The number of rotatable bonds is 5. The molecule has 2 rings (SSSR count). The predicted octanol–water partition coefficient (Wildman–Crippen LogP) is 3.90. The molecule has 2 aromatic rings. The normalized spacial score (nSPS) is 12.2. The SMILES string of the molecule is CCCO/C(=N\S(=O)(=O)c1ccc(Cl)cc1)c1ccccc1. The highest BCUT2D eigenvalue weighted by Crippen LogP contribution is 2.17. The van der Waals surface area contributed by atoms with Crippen LogP contribution in [0.25, 0.3) is 0 Å². The molecule has 0 bridgehead atoms. The van der Waals surface area contributed by atoms with Gasteiger partial charge in [0.2, 0.25) is 5.90 Å². The molecule has 0 aliphatic heterocycles. The third-order valence-electron chi connectivity index (χ3n) is 2.78. The van der Waals surface area contributed by atoms with Crippen LogP contribution < -0.4 is 0 Å². The van der Waals surface area contributed by atoms with E-state index in [1.165, 1.54) is 24.3 Å². The summed E-state index contributed by atoms with van der Waals surface area (Å²) in [5, 5.41) is 0.466. The molecule has 0 heterocycles. The molecule has 0 saturated heterocycles. The first-order valence-corrected chi connectivity index (χ1v) is 8.63. The van der Waals surface area contributed by atoms with Gasteiger partial charge in [-0.1, -0.05) is 36.7 Å². The van der Waals surface area contributed by atoms with E-state index in [-0.39, 0.29) is 10.8 Å². The van der Waals surface area contributed by atoms with E-state index in [2.05, 4.69) is 4.40 Å². The van der Waals surface area contributed by atoms with E-state index in [0.717, 1.165) is 6.42 Å². The Morgan fingerprint density at radius 1 is 1.09 bits per heavy atom. The maximum absolute atomic E-state index is 12.4. The third kappa shape index (κ3) is 4.32. The van der Waals surface area contributed by atoms with Crippen LogP contribution >= 0.6 is 11.6 Å². The first-order valence-electron chi connectivity index (χ1n) is 6.81. The first kappa shape index (κ1) is 16.5. The molecule has 2 aromatic carbocycles. The smallest absolute Gasteiger partial charge is 0.285 e. The molecule has 0 spiro atoms. The fourth-order valence-electron chi connectivity index (χ4n) is 1.71. The summed E-state index contributed by atoms with van der Waals surface area (Å²) >= 11 is 5.78. The third-order valence-corrected chi connectivity index (χ3v) is 4.30. The summed E-state index contributed by atoms with van der Waals surface area (Å²) < 4.78 is 34.1. The van der Waals surface area contributed by atoms with Crippen molar-refractivity contribution in [1.82, 2.24) is 0 Å². The second-order valence-electron chi connectivity index (χ2n) is 4.54. The van der Waals surface area contributed by atoms with Crippen LogP contribution in [-0.4, -0.2) is 20.9 Å². The Labute approximate surface area is 135 Å². The molecule has 0 aliphatic rings. The lowest BCUT2D eigenvalue weighted by molar-refractivity contribution is 0.306. The summed E-state index contributed by atoms with van der Waals surface area (Å²) in [6.45, 7) is 2.33. The van der Waals surface area contributed by atoms with E-state index in [0.29, 0.717) is 17.2 Å². The van der Waals surface area contributed by atoms with E-state index < -0.39 is 10.0 Å². The van der Waals surface area contributed by atoms with Crippen LogP contribution in [0.1, 0.15) is 18.9 Å². The van der Waals surface area contributed by atoms with E-state index in [9.17, 15) is 8.42 Å². The second kappa shape index (κ2) is 7.42. The Kier molecular flexibility index (Phi) is 5.57. The maximum Gasteiger partial charge on any atom is 0.285 e. The zero-order valence-corrected chi connectivity index (χ0v) is 13.6. The number of ether oxygens (including phenoxy) is 1. The molecule has 0 saturated carbocycles. The Bertz CT molecular complexity index is 741. The number of benzene rings is 2. The number of sulfonamides is 1. The van der Waals surface area contributed by atoms with Gasteiger partial charge < -0.3 is 4.74 Å². The lowest BCUT2D eigenvalue weighted by atomic mass is 10.2. The van der Waals surface area contributed by atoms with Gasteiger partial charge in [0.25, 0.3) is 10.0 Å². The molecule has 116 valence electrons. The minimum atomic E-state index is -3.85. The molecule has 0 N–H and O–H groups in total. The van der Waals surface area contributed by atoms with Gasteiger partial charge in [-0.05, 0) is 42.8 Å². The van der Waals surface area contributed by atoms with Gasteiger partial charge in [0.1, 0.15) is 0 Å². The van der Waals surface area contributed by atoms with Crippen molar-refractivity contribution in [3.8, 4) is 0 Å². The molecule has 0 aliphatic carbocycles. The maximum atomic E-state index is 12.4. The Hall–Kier alpha value is -1.85. The summed E-state index contributed by atoms with van der Waals surface area (Å²) in [4.78, 5) is 0.0745. The summed E-state index contributed by atoms with van der Waals surface area (Å²) in [6.07, 6.45) is 0.757. The minimum Gasteiger partial charge on any atom is -0.477 e. The Morgan fingerprint density at radius 3 is 2.32 bits per heavy atom. The van der Waals surface area contributed by atoms with Crippen molar-refractivity contribution in [3.05, 3.63) is 65.2 Å². The molecule has 4 nitrogen and oxygen atoms in total. The largest absolute Gasteiger partial charge is 0.477 e. The first-order chi connectivity index (χ1) is 10.5. The van der Waals surface area contributed by atoms with Gasteiger partial charge >= 0.3 is 0 Å². The van der Waals surface area contributed by atoms with E-state index in [4.69, 9.17) is 16.3 Å². The van der Waals surface area contributed by atoms with Gasteiger partial charge in [-0.2, -0.15) is 8.42 Å². The molecule has 0 unspecified atom stereocenters. The van der Waals surface area contributed by atoms with Gasteiger partial charge in [-0.15, -0.1) is 4.40 Å². The lowest BCUT2D eigenvalue weighted by Gasteiger charge is -2.09. The molecule has 0 amide bonds. The zero-order chi connectivity index (χ0) is 16.0. The Morgan fingerprint density at radius 2 is 1.73 bits per heavy atom. The molecule has 0 fully saturated rings. The van der Waals surface area contributed by atoms with Crippen molar-refractivity contribution in [2.45, 2.75) is 18.2 Å². The van der Waals surface area contributed by atoms with E-state index in [1.54, 1.807) is 24.3 Å². The van der Waals surface area contributed by atoms with Crippen molar-refractivity contribution in [2.75, 3.05) is 6.61 Å². The molecule has 0 radical (unpaired) electrons. The van der Waals surface area contributed by atoms with Crippen LogP contribution in [0.4, 0.5) is 0 Å². The van der Waals surface area contributed by atoms with Crippen LogP contribution in [0.2, 0.25) is 5.02 Å². The lowest BCUT2D eigenvalue weighted by Crippen LogP contribution is -2.11. The van der Waals surface area contributed by atoms with E-state index >= 15 is 0 Å². The average Bonchev–Trinajstić information content (AvgIpc) is 2.52. The quantitative estimate of drug-likeness (QED) is 0.614. The predicted molar refractivity (Wildman–Crippen MR) is 87.9 cm³/mol. The summed E-state index contributed by atoms with van der Waals surface area (Å²) in [5.74, 6) is 0.0948. The summed E-state index contributed by atoms with van der Waals surface area (Å²) in [7, 11) is -3.85. The van der Waals surface area contributed by atoms with Crippen molar-refractivity contribution in [1.29, 1.82) is 0 Å². The topological polar surface area (TPSA) is 55.7 Å². The van der Waals surface area contributed by atoms with Crippen LogP contribution in [0, 0.1) is 0 Å². The van der Waals surface area contributed by atoms with E-state index in [1.807, 2.05) is 13.0 Å². The fraction of sp³-hybridized carbons (Fsp3) is 0.188. The number of hydrogen-bond donors (Lipinski definition) is 0. The highest BCUT2D eigenvalue weighted by atomic mass is 35.5. The minimum absolute atomic E-state index is 0.0745. The molecule has 0 aromatic heterocycles. The van der Waals surface area contributed by atoms with Gasteiger partial charge in [0.15, 0.2) is 0 Å². The van der Waals surface area contributed by atoms with Gasteiger partial charge in [0, 0.05) is 10.6 Å². The van der Waals surface area contributed by atoms with Gasteiger partial charge in [-0.3, -0.25) is 0 Å². The zero-order valence-electron chi connectivity index (χ0n) is 12.1. The highest BCUT2D eigenvalue weighted by molar-refractivity contribution is 7.90. The molecule has 0 atom stereocenters. The van der Waals surface area contributed by atoms with Gasteiger partial charge in [0.05, 0.1) is 11.5 Å². The number of hydrogen-bond acceptors (Lipinski definition) is 3. The van der Waals surface area contributed by atoms with Crippen molar-refractivity contribution < 1.29 is 13.2 Å². The monoisotopic (exact) mass is 337 g/mol. The highest BCUT2D eigenvalue weighted by Gasteiger charge is 2.16. The molecule has 22 heavy (non-hydrogen) atoms. The van der Waals surface area contributed by atoms with Crippen molar-refractivity contribution >= 4 is 27.5 Å². The standard InChI is InChI=1S/C16H16ClNO3S/c1-2-12-21-16(13-6-4-3-5-7-13)18-22(19,20)15-10-8-14(17)9-11-15/h3-11H,2,12H2,1H3/b18-16-. The summed E-state index contributed by atoms with van der Waals surface area (Å²) in [6, 6.07) is 14.8. The van der Waals surface area contributed by atoms with Crippen LogP contribution in [-0.2, 0) is 14.8 Å². The number of halogens is 1. The fourth-order valence-corrected chi connectivity index (χ4v) is 2.80. The van der Waals surface area contributed by atoms with Crippen molar-refractivity contribution in [3.63, 3.8) is 0 Å².